The minimum absolute atomic E-state index is 0.655. The standard InChI is InChI=1S/C13H18/c1-3-4-8-12(2)11-13-9-6-5-7-10-13/h4-10,12H,3,11H2,1-2H3/b8-4+. The van der Waals surface area contributed by atoms with E-state index < -0.39 is 0 Å². The number of rotatable bonds is 4. The van der Waals surface area contributed by atoms with Crippen LogP contribution in [0.25, 0.3) is 0 Å². The summed E-state index contributed by atoms with van der Waals surface area (Å²) >= 11 is 0. The molecule has 0 fully saturated rings. The molecule has 1 unspecified atom stereocenters. The van der Waals surface area contributed by atoms with Gasteiger partial charge in [-0.3, -0.25) is 0 Å². The Bertz CT molecular complexity index is 246. The van der Waals surface area contributed by atoms with E-state index in [0.29, 0.717) is 5.92 Å². The van der Waals surface area contributed by atoms with E-state index in [1.165, 1.54) is 5.56 Å². The van der Waals surface area contributed by atoms with Crippen LogP contribution in [0, 0.1) is 5.92 Å². The van der Waals surface area contributed by atoms with Crippen LogP contribution >= 0.6 is 0 Å². The summed E-state index contributed by atoms with van der Waals surface area (Å²) in [6, 6.07) is 10.7. The summed E-state index contributed by atoms with van der Waals surface area (Å²) in [5.41, 5.74) is 1.43. The van der Waals surface area contributed by atoms with Crippen molar-refractivity contribution in [3.8, 4) is 0 Å². The van der Waals surface area contributed by atoms with Crippen LogP contribution in [0.1, 0.15) is 25.8 Å². The highest BCUT2D eigenvalue weighted by molar-refractivity contribution is 5.16. The van der Waals surface area contributed by atoms with Gasteiger partial charge in [0.25, 0.3) is 0 Å². The van der Waals surface area contributed by atoms with Gasteiger partial charge in [-0.1, -0.05) is 56.3 Å². The summed E-state index contributed by atoms with van der Waals surface area (Å²) in [4.78, 5) is 0. The van der Waals surface area contributed by atoms with Crippen molar-refractivity contribution in [1.29, 1.82) is 0 Å². The normalized spacial score (nSPS) is 13.4. The molecule has 0 amide bonds. The minimum atomic E-state index is 0.655. The lowest BCUT2D eigenvalue weighted by atomic mass is 10.0. The molecular formula is C13H18. The lowest BCUT2D eigenvalue weighted by molar-refractivity contribution is 0.720. The Morgan fingerprint density at radius 3 is 2.54 bits per heavy atom. The highest BCUT2D eigenvalue weighted by atomic mass is 14.0. The molecule has 13 heavy (non-hydrogen) atoms. The van der Waals surface area contributed by atoms with Gasteiger partial charge in [-0.05, 0) is 24.3 Å². The largest absolute Gasteiger partial charge is 0.0885 e. The van der Waals surface area contributed by atoms with Crippen molar-refractivity contribution in [2.75, 3.05) is 0 Å². The van der Waals surface area contributed by atoms with Crippen molar-refractivity contribution in [3.05, 3.63) is 48.0 Å². The van der Waals surface area contributed by atoms with E-state index in [4.69, 9.17) is 0 Å². The first-order chi connectivity index (χ1) is 6.33. The quantitative estimate of drug-likeness (QED) is 0.608. The summed E-state index contributed by atoms with van der Waals surface area (Å²) in [5.74, 6) is 0.655. The predicted molar refractivity (Wildman–Crippen MR) is 58.7 cm³/mol. The Hall–Kier alpha value is -1.04. The van der Waals surface area contributed by atoms with Gasteiger partial charge in [0.2, 0.25) is 0 Å². The molecule has 0 aliphatic rings. The molecule has 0 saturated carbocycles. The highest BCUT2D eigenvalue weighted by Crippen LogP contribution is 2.09. The number of benzene rings is 1. The fourth-order valence-corrected chi connectivity index (χ4v) is 1.42. The maximum Gasteiger partial charge on any atom is -0.0218 e. The van der Waals surface area contributed by atoms with E-state index in [2.05, 4.69) is 56.3 Å². The maximum absolute atomic E-state index is 2.30. The fraction of sp³-hybridized carbons (Fsp3) is 0.385. The summed E-state index contributed by atoms with van der Waals surface area (Å²) in [6.45, 7) is 4.44. The van der Waals surface area contributed by atoms with Gasteiger partial charge in [0.1, 0.15) is 0 Å². The smallest absolute Gasteiger partial charge is 0.0218 e. The molecule has 0 aliphatic heterocycles. The van der Waals surface area contributed by atoms with E-state index in [9.17, 15) is 0 Å². The summed E-state index contributed by atoms with van der Waals surface area (Å²) in [6.07, 6.45) is 6.83. The molecule has 0 heteroatoms. The molecule has 0 N–H and O–H groups in total. The van der Waals surface area contributed by atoms with Crippen LogP contribution in [0.15, 0.2) is 42.5 Å². The Morgan fingerprint density at radius 2 is 1.92 bits per heavy atom. The second-order valence-corrected chi connectivity index (χ2v) is 3.50. The molecule has 1 rings (SSSR count). The van der Waals surface area contributed by atoms with Crippen molar-refractivity contribution < 1.29 is 0 Å². The van der Waals surface area contributed by atoms with Crippen LogP contribution in [-0.4, -0.2) is 0 Å². The first-order valence-corrected chi connectivity index (χ1v) is 5.03. The number of allylic oxidation sites excluding steroid dienone is 2. The molecule has 0 radical (unpaired) electrons. The van der Waals surface area contributed by atoms with Crippen molar-refractivity contribution >= 4 is 0 Å². The molecule has 0 spiro atoms. The zero-order chi connectivity index (χ0) is 9.52. The van der Waals surface area contributed by atoms with Gasteiger partial charge in [0.15, 0.2) is 0 Å². The third-order valence-electron chi connectivity index (χ3n) is 2.10. The van der Waals surface area contributed by atoms with Gasteiger partial charge in [0.05, 0.1) is 0 Å². The third-order valence-corrected chi connectivity index (χ3v) is 2.10. The maximum atomic E-state index is 2.30. The van der Waals surface area contributed by atoms with Gasteiger partial charge < -0.3 is 0 Å². The SMILES string of the molecule is CC/C=C/C(C)Cc1ccccc1. The predicted octanol–water partition coefficient (Wildman–Crippen LogP) is 3.83. The van der Waals surface area contributed by atoms with Crippen LogP contribution in [0.2, 0.25) is 0 Å². The number of hydrogen-bond donors (Lipinski definition) is 0. The average molecular weight is 174 g/mol. The summed E-state index contributed by atoms with van der Waals surface area (Å²) < 4.78 is 0. The van der Waals surface area contributed by atoms with E-state index in [0.717, 1.165) is 12.8 Å². The van der Waals surface area contributed by atoms with Gasteiger partial charge in [0, 0.05) is 0 Å². The highest BCUT2D eigenvalue weighted by Gasteiger charge is 1.97. The van der Waals surface area contributed by atoms with E-state index in [1.807, 2.05) is 0 Å². The molecule has 1 aromatic rings. The monoisotopic (exact) mass is 174 g/mol. The second-order valence-electron chi connectivity index (χ2n) is 3.50. The van der Waals surface area contributed by atoms with Crippen LogP contribution in [0.5, 0.6) is 0 Å². The first kappa shape index (κ1) is 10.0. The van der Waals surface area contributed by atoms with Crippen LogP contribution in [0.3, 0.4) is 0 Å². The van der Waals surface area contributed by atoms with Gasteiger partial charge in [-0.2, -0.15) is 0 Å². The average Bonchev–Trinajstić information content (AvgIpc) is 2.16. The molecule has 0 nitrogen and oxygen atoms in total. The molecule has 0 saturated heterocycles. The minimum Gasteiger partial charge on any atom is -0.0885 e. The molecule has 0 aromatic heterocycles. The van der Waals surface area contributed by atoms with Crippen LogP contribution in [-0.2, 0) is 6.42 Å². The van der Waals surface area contributed by atoms with Gasteiger partial charge in [-0.15, -0.1) is 0 Å². The van der Waals surface area contributed by atoms with Crippen LogP contribution < -0.4 is 0 Å². The molecule has 1 atom stereocenters. The zero-order valence-corrected chi connectivity index (χ0v) is 8.53. The lowest BCUT2D eigenvalue weighted by Crippen LogP contribution is -1.95. The lowest BCUT2D eigenvalue weighted by Gasteiger charge is -2.05. The van der Waals surface area contributed by atoms with E-state index in [1.54, 1.807) is 0 Å². The van der Waals surface area contributed by atoms with Crippen LogP contribution in [0.4, 0.5) is 0 Å². The Kier molecular flexibility index (Phi) is 4.31. The molecular weight excluding hydrogens is 156 g/mol. The molecule has 0 aliphatic carbocycles. The molecule has 0 heterocycles. The first-order valence-electron chi connectivity index (χ1n) is 5.03. The molecule has 1 aromatic carbocycles. The topological polar surface area (TPSA) is 0 Å². The Labute approximate surface area is 81.3 Å². The third kappa shape index (κ3) is 3.93. The molecule has 0 bridgehead atoms. The van der Waals surface area contributed by atoms with Gasteiger partial charge >= 0.3 is 0 Å². The Balaban J connectivity index is 2.45. The second kappa shape index (κ2) is 5.58. The summed E-state index contributed by atoms with van der Waals surface area (Å²) in [7, 11) is 0. The fourth-order valence-electron chi connectivity index (χ4n) is 1.42. The Morgan fingerprint density at radius 1 is 1.23 bits per heavy atom. The van der Waals surface area contributed by atoms with Crippen molar-refractivity contribution in [2.45, 2.75) is 26.7 Å². The summed E-state index contributed by atoms with van der Waals surface area (Å²) in [5, 5.41) is 0. The van der Waals surface area contributed by atoms with E-state index in [-0.39, 0.29) is 0 Å². The van der Waals surface area contributed by atoms with Crippen molar-refractivity contribution in [3.63, 3.8) is 0 Å². The van der Waals surface area contributed by atoms with E-state index >= 15 is 0 Å². The zero-order valence-electron chi connectivity index (χ0n) is 8.53. The van der Waals surface area contributed by atoms with Crippen molar-refractivity contribution in [2.24, 2.45) is 5.92 Å². The van der Waals surface area contributed by atoms with Crippen molar-refractivity contribution in [1.82, 2.24) is 0 Å². The number of hydrogen-bond acceptors (Lipinski definition) is 0. The molecule has 70 valence electrons. The van der Waals surface area contributed by atoms with Gasteiger partial charge in [-0.25, -0.2) is 0 Å².